The number of aliphatic imine (C=N–C) groups is 1. The highest BCUT2D eigenvalue weighted by atomic mass is 32.2. The maximum absolute atomic E-state index is 13.0. The summed E-state index contributed by atoms with van der Waals surface area (Å²) in [6.45, 7) is 0. The SMILES string of the molecule is Fc1ccc(SC=CC(=Nc2ccccc2)SCc2ccccc2)cc1. The lowest BCUT2D eigenvalue weighted by Gasteiger charge is -2.03. The van der Waals surface area contributed by atoms with Crippen molar-refractivity contribution in [2.45, 2.75) is 10.6 Å². The summed E-state index contributed by atoms with van der Waals surface area (Å²) in [5, 5.41) is 2.93. The van der Waals surface area contributed by atoms with Crippen molar-refractivity contribution in [2.24, 2.45) is 4.99 Å². The van der Waals surface area contributed by atoms with E-state index in [2.05, 4.69) is 12.1 Å². The lowest BCUT2D eigenvalue weighted by Crippen LogP contribution is -1.88. The monoisotopic (exact) mass is 379 g/mol. The molecule has 0 aromatic heterocycles. The average Bonchev–Trinajstić information content (AvgIpc) is 2.69. The van der Waals surface area contributed by atoms with Crippen LogP contribution in [-0.4, -0.2) is 5.04 Å². The Labute approximate surface area is 162 Å². The van der Waals surface area contributed by atoms with Gasteiger partial charge in [0.05, 0.1) is 10.7 Å². The molecule has 0 aliphatic rings. The highest BCUT2D eigenvalue weighted by Crippen LogP contribution is 2.23. The molecular weight excluding hydrogens is 361 g/mol. The van der Waals surface area contributed by atoms with Gasteiger partial charge >= 0.3 is 0 Å². The van der Waals surface area contributed by atoms with E-state index in [0.29, 0.717) is 0 Å². The standard InChI is InChI=1S/C22H18FNS2/c23-19-11-13-21(14-12-19)25-16-15-22(24-20-9-5-2-6-10-20)26-17-18-7-3-1-4-8-18/h1-16H,17H2. The molecule has 0 saturated carbocycles. The van der Waals surface area contributed by atoms with Crippen LogP contribution in [-0.2, 0) is 5.75 Å². The quantitative estimate of drug-likeness (QED) is 0.257. The van der Waals surface area contributed by atoms with E-state index in [1.165, 1.54) is 17.7 Å². The molecule has 0 unspecified atom stereocenters. The fourth-order valence-corrected chi connectivity index (χ4v) is 3.74. The average molecular weight is 380 g/mol. The number of halogens is 1. The van der Waals surface area contributed by atoms with E-state index >= 15 is 0 Å². The van der Waals surface area contributed by atoms with Gasteiger partial charge in [-0.3, -0.25) is 0 Å². The third kappa shape index (κ3) is 6.21. The summed E-state index contributed by atoms with van der Waals surface area (Å²) in [6.07, 6.45) is 2.01. The zero-order valence-electron chi connectivity index (χ0n) is 14.1. The number of hydrogen-bond acceptors (Lipinski definition) is 3. The van der Waals surface area contributed by atoms with Crippen molar-refractivity contribution in [3.05, 3.63) is 108 Å². The van der Waals surface area contributed by atoms with Gasteiger partial charge in [0.25, 0.3) is 0 Å². The minimum absolute atomic E-state index is 0.219. The van der Waals surface area contributed by atoms with Crippen molar-refractivity contribution in [2.75, 3.05) is 0 Å². The Morgan fingerprint density at radius 2 is 1.50 bits per heavy atom. The molecule has 0 bridgehead atoms. The molecule has 0 radical (unpaired) electrons. The summed E-state index contributed by atoms with van der Waals surface area (Å²) in [7, 11) is 0. The normalized spacial score (nSPS) is 11.8. The van der Waals surface area contributed by atoms with Gasteiger partial charge in [-0.25, -0.2) is 9.38 Å². The Morgan fingerprint density at radius 1 is 0.846 bits per heavy atom. The first-order valence-electron chi connectivity index (χ1n) is 8.19. The predicted molar refractivity (Wildman–Crippen MR) is 113 cm³/mol. The van der Waals surface area contributed by atoms with Crippen LogP contribution in [0.25, 0.3) is 0 Å². The summed E-state index contributed by atoms with van der Waals surface area (Å²) >= 11 is 3.25. The van der Waals surface area contributed by atoms with E-state index in [0.717, 1.165) is 21.4 Å². The highest BCUT2D eigenvalue weighted by Gasteiger charge is 2.00. The fraction of sp³-hybridized carbons (Fsp3) is 0.0455. The van der Waals surface area contributed by atoms with Crippen LogP contribution >= 0.6 is 23.5 Å². The number of rotatable bonds is 6. The third-order valence-electron chi connectivity index (χ3n) is 3.45. The number of para-hydroxylation sites is 1. The second kappa shape index (κ2) is 10.00. The second-order valence-electron chi connectivity index (χ2n) is 5.43. The number of benzene rings is 3. The molecule has 0 atom stereocenters. The first-order chi connectivity index (χ1) is 12.8. The third-order valence-corrected chi connectivity index (χ3v) is 5.27. The van der Waals surface area contributed by atoms with Crippen LogP contribution in [0.2, 0.25) is 0 Å². The highest BCUT2D eigenvalue weighted by molar-refractivity contribution is 8.13. The number of nitrogens with zero attached hydrogens (tertiary/aromatic N) is 1. The molecule has 0 amide bonds. The van der Waals surface area contributed by atoms with Gasteiger partial charge in [0, 0.05) is 10.6 Å². The molecule has 0 fully saturated rings. The molecule has 3 aromatic rings. The van der Waals surface area contributed by atoms with Gasteiger partial charge in [0.15, 0.2) is 0 Å². The molecule has 0 N–H and O–H groups in total. The van der Waals surface area contributed by atoms with Crippen molar-refractivity contribution in [3.8, 4) is 0 Å². The molecular formula is C22H18FNS2. The first kappa shape index (κ1) is 18.5. The molecule has 26 heavy (non-hydrogen) atoms. The molecule has 0 aliphatic heterocycles. The summed E-state index contributed by atoms with van der Waals surface area (Å²) in [5.41, 5.74) is 2.19. The Bertz CT molecular complexity index is 860. The Kier molecular flexibility index (Phi) is 7.11. The molecule has 0 aliphatic carbocycles. The lowest BCUT2D eigenvalue weighted by atomic mass is 10.2. The van der Waals surface area contributed by atoms with Crippen molar-refractivity contribution < 1.29 is 4.39 Å². The van der Waals surface area contributed by atoms with Crippen LogP contribution in [0.5, 0.6) is 0 Å². The van der Waals surface area contributed by atoms with Gasteiger partial charge in [-0.15, -0.1) is 11.8 Å². The number of thioether (sulfide) groups is 2. The van der Waals surface area contributed by atoms with E-state index in [1.807, 2.05) is 60.0 Å². The smallest absolute Gasteiger partial charge is 0.123 e. The van der Waals surface area contributed by atoms with Crippen molar-refractivity contribution in [3.63, 3.8) is 0 Å². The Morgan fingerprint density at radius 3 is 2.19 bits per heavy atom. The van der Waals surface area contributed by atoms with Gasteiger partial charge in [0.1, 0.15) is 5.82 Å². The van der Waals surface area contributed by atoms with Crippen LogP contribution in [0.4, 0.5) is 10.1 Å². The van der Waals surface area contributed by atoms with E-state index in [1.54, 1.807) is 35.7 Å². The molecule has 130 valence electrons. The molecule has 0 heterocycles. The van der Waals surface area contributed by atoms with Crippen LogP contribution in [0.15, 0.2) is 106 Å². The van der Waals surface area contributed by atoms with Crippen LogP contribution in [0, 0.1) is 5.82 Å². The summed E-state index contributed by atoms with van der Waals surface area (Å²) < 4.78 is 13.0. The van der Waals surface area contributed by atoms with E-state index in [-0.39, 0.29) is 5.82 Å². The maximum atomic E-state index is 13.0. The van der Waals surface area contributed by atoms with Gasteiger partial charge < -0.3 is 0 Å². The minimum Gasteiger partial charge on any atom is -0.242 e. The van der Waals surface area contributed by atoms with Gasteiger partial charge in [-0.2, -0.15) is 0 Å². The van der Waals surface area contributed by atoms with Gasteiger partial charge in [0.2, 0.25) is 0 Å². The predicted octanol–water partition coefficient (Wildman–Crippen LogP) is 7.10. The van der Waals surface area contributed by atoms with E-state index < -0.39 is 0 Å². The van der Waals surface area contributed by atoms with E-state index in [4.69, 9.17) is 4.99 Å². The zero-order valence-corrected chi connectivity index (χ0v) is 15.7. The topological polar surface area (TPSA) is 12.4 Å². The molecule has 1 nitrogen and oxygen atoms in total. The summed E-state index contributed by atoms with van der Waals surface area (Å²) in [5.74, 6) is 0.640. The van der Waals surface area contributed by atoms with Gasteiger partial charge in [-0.1, -0.05) is 60.3 Å². The summed E-state index contributed by atoms with van der Waals surface area (Å²) in [4.78, 5) is 5.73. The van der Waals surface area contributed by atoms with Gasteiger partial charge in [-0.05, 0) is 53.4 Å². The fourth-order valence-electron chi connectivity index (χ4n) is 2.16. The Hall–Kier alpha value is -2.30. The molecule has 4 heteroatoms. The molecule has 0 spiro atoms. The maximum Gasteiger partial charge on any atom is 0.123 e. The molecule has 3 rings (SSSR count). The first-order valence-corrected chi connectivity index (χ1v) is 10.1. The van der Waals surface area contributed by atoms with Crippen LogP contribution < -0.4 is 0 Å². The number of hydrogen-bond donors (Lipinski definition) is 0. The van der Waals surface area contributed by atoms with Crippen molar-refractivity contribution >= 4 is 34.3 Å². The largest absolute Gasteiger partial charge is 0.242 e. The Balaban J connectivity index is 1.70. The molecule has 3 aromatic carbocycles. The van der Waals surface area contributed by atoms with E-state index in [9.17, 15) is 4.39 Å². The summed E-state index contributed by atoms with van der Waals surface area (Å²) in [6, 6.07) is 26.8. The second-order valence-corrected chi connectivity index (χ2v) is 7.41. The lowest BCUT2D eigenvalue weighted by molar-refractivity contribution is 0.626. The molecule has 0 saturated heterocycles. The van der Waals surface area contributed by atoms with Crippen LogP contribution in [0.3, 0.4) is 0 Å². The van der Waals surface area contributed by atoms with Crippen molar-refractivity contribution in [1.29, 1.82) is 0 Å². The van der Waals surface area contributed by atoms with Crippen molar-refractivity contribution in [1.82, 2.24) is 0 Å². The zero-order chi connectivity index (χ0) is 18.0. The minimum atomic E-state index is -0.219. The van der Waals surface area contributed by atoms with Crippen LogP contribution in [0.1, 0.15) is 5.56 Å².